The van der Waals surface area contributed by atoms with Crippen molar-refractivity contribution in [3.8, 4) is 0 Å². The molecule has 2 heterocycles. The Balaban J connectivity index is 1.71. The Morgan fingerprint density at radius 3 is 2.74 bits per heavy atom. The lowest BCUT2D eigenvalue weighted by Gasteiger charge is -2.24. The second-order valence-corrected chi connectivity index (χ2v) is 8.70. The molecule has 2 aromatic heterocycles. The Labute approximate surface area is 195 Å². The summed E-state index contributed by atoms with van der Waals surface area (Å²) in [4.78, 5) is 16.4. The van der Waals surface area contributed by atoms with E-state index in [1.165, 1.54) is 4.68 Å². The summed E-state index contributed by atoms with van der Waals surface area (Å²) in [5.74, 6) is -1.79. The SMILES string of the molecule is COCCn1nc(F)c2c(Nc3nc(N[C@H](CC4CC4)[C@H](C)N)c(F)cc3C(N)=O)cccc21. The van der Waals surface area contributed by atoms with Crippen molar-refractivity contribution in [2.45, 2.75) is 44.8 Å². The highest BCUT2D eigenvalue weighted by molar-refractivity contribution is 6.00. The summed E-state index contributed by atoms with van der Waals surface area (Å²) in [6, 6.07) is 5.64. The van der Waals surface area contributed by atoms with Gasteiger partial charge in [0, 0.05) is 19.2 Å². The van der Waals surface area contributed by atoms with Gasteiger partial charge in [0.2, 0.25) is 5.95 Å². The number of rotatable bonds is 11. The molecule has 2 atom stereocenters. The molecule has 4 rings (SSSR count). The number of primary amides is 1. The second kappa shape index (κ2) is 9.90. The highest BCUT2D eigenvalue weighted by atomic mass is 19.1. The number of carbonyl (C=O) groups excluding carboxylic acids is 1. The van der Waals surface area contributed by atoms with Gasteiger partial charge in [-0.3, -0.25) is 9.48 Å². The normalized spacial score (nSPS) is 15.3. The van der Waals surface area contributed by atoms with Gasteiger partial charge in [0.15, 0.2) is 11.6 Å². The number of anilines is 3. The van der Waals surface area contributed by atoms with E-state index in [-0.39, 0.29) is 34.7 Å². The van der Waals surface area contributed by atoms with Gasteiger partial charge in [0.25, 0.3) is 5.91 Å². The van der Waals surface area contributed by atoms with E-state index in [1.54, 1.807) is 25.3 Å². The molecule has 1 fully saturated rings. The summed E-state index contributed by atoms with van der Waals surface area (Å²) in [6.07, 6.45) is 3.05. The summed E-state index contributed by atoms with van der Waals surface area (Å²) >= 11 is 0. The quantitative estimate of drug-likeness (QED) is 0.336. The molecule has 0 unspecified atom stereocenters. The van der Waals surface area contributed by atoms with Crippen molar-refractivity contribution >= 4 is 34.1 Å². The van der Waals surface area contributed by atoms with E-state index >= 15 is 0 Å². The summed E-state index contributed by atoms with van der Waals surface area (Å²) in [6.45, 7) is 2.56. The number of hydrogen-bond acceptors (Lipinski definition) is 7. The largest absolute Gasteiger partial charge is 0.383 e. The second-order valence-electron chi connectivity index (χ2n) is 8.70. The molecule has 9 nitrogen and oxygen atoms in total. The molecule has 1 amide bonds. The number of nitrogens with one attached hydrogen (secondary N) is 2. The number of amides is 1. The molecule has 1 aliphatic rings. The van der Waals surface area contributed by atoms with Crippen LogP contribution in [0.5, 0.6) is 0 Å². The van der Waals surface area contributed by atoms with Crippen LogP contribution >= 0.6 is 0 Å². The number of nitrogens with zero attached hydrogens (tertiary/aromatic N) is 3. The lowest BCUT2D eigenvalue weighted by atomic mass is 10.0. The van der Waals surface area contributed by atoms with E-state index in [4.69, 9.17) is 16.2 Å². The van der Waals surface area contributed by atoms with Gasteiger partial charge in [-0.2, -0.15) is 4.39 Å². The molecule has 182 valence electrons. The van der Waals surface area contributed by atoms with E-state index in [1.807, 2.05) is 6.92 Å². The molecule has 0 bridgehead atoms. The minimum absolute atomic E-state index is 0.00258. The number of fused-ring (bicyclic) bond motifs is 1. The first-order valence-corrected chi connectivity index (χ1v) is 11.2. The molecule has 0 radical (unpaired) electrons. The highest BCUT2D eigenvalue weighted by Crippen LogP contribution is 2.35. The number of hydrogen-bond donors (Lipinski definition) is 4. The minimum Gasteiger partial charge on any atom is -0.383 e. The van der Waals surface area contributed by atoms with Gasteiger partial charge in [0.1, 0.15) is 5.82 Å². The van der Waals surface area contributed by atoms with E-state index in [9.17, 15) is 13.6 Å². The molecule has 0 aliphatic heterocycles. The standard InChI is InChI=1S/C23H29F2N7O2/c1-12(26)17(10-13-6-7-13)29-23-15(24)11-14(21(27)33)22(30-23)28-16-4-3-5-18-19(16)20(25)31-32(18)8-9-34-2/h3-5,11-13,17H,6-10,26H2,1-2H3,(H2,27,33)(H2,28,29,30)/t12-,17+/m0/s1. The topological polar surface area (TPSA) is 133 Å². The zero-order valence-electron chi connectivity index (χ0n) is 19.1. The van der Waals surface area contributed by atoms with Crippen molar-refractivity contribution < 1.29 is 18.3 Å². The lowest BCUT2D eigenvalue weighted by Crippen LogP contribution is -2.39. The molecule has 0 spiro atoms. The molecule has 1 aromatic carbocycles. The third-order valence-corrected chi connectivity index (χ3v) is 5.98. The van der Waals surface area contributed by atoms with Gasteiger partial charge in [-0.15, -0.1) is 5.10 Å². The molecule has 6 N–H and O–H groups in total. The van der Waals surface area contributed by atoms with Gasteiger partial charge in [-0.05, 0) is 37.5 Å². The molecular formula is C23H29F2N7O2. The van der Waals surface area contributed by atoms with Crippen molar-refractivity contribution in [2.75, 3.05) is 24.4 Å². The van der Waals surface area contributed by atoms with E-state index in [0.29, 0.717) is 30.3 Å². The smallest absolute Gasteiger partial charge is 0.252 e. The molecule has 11 heteroatoms. The first-order chi connectivity index (χ1) is 16.3. The number of halogens is 2. The zero-order valence-corrected chi connectivity index (χ0v) is 19.1. The van der Waals surface area contributed by atoms with Crippen LogP contribution in [0.4, 0.5) is 26.1 Å². The number of nitrogens with two attached hydrogens (primary N) is 2. The average molecular weight is 474 g/mol. The summed E-state index contributed by atoms with van der Waals surface area (Å²) < 4.78 is 36.2. The fourth-order valence-electron chi connectivity index (χ4n) is 3.93. The van der Waals surface area contributed by atoms with E-state index < -0.39 is 17.7 Å². The van der Waals surface area contributed by atoms with Crippen LogP contribution in [0.15, 0.2) is 24.3 Å². The first-order valence-electron chi connectivity index (χ1n) is 11.2. The monoisotopic (exact) mass is 473 g/mol. The van der Waals surface area contributed by atoms with Crippen LogP contribution in [0, 0.1) is 17.7 Å². The van der Waals surface area contributed by atoms with Crippen molar-refractivity contribution in [2.24, 2.45) is 17.4 Å². The maximum atomic E-state index is 14.9. The van der Waals surface area contributed by atoms with Crippen molar-refractivity contribution in [3.63, 3.8) is 0 Å². The maximum Gasteiger partial charge on any atom is 0.252 e. The Hall–Kier alpha value is -3.31. The predicted octanol–water partition coefficient (Wildman–Crippen LogP) is 3.13. The summed E-state index contributed by atoms with van der Waals surface area (Å²) in [7, 11) is 1.55. The predicted molar refractivity (Wildman–Crippen MR) is 126 cm³/mol. The summed E-state index contributed by atoms with van der Waals surface area (Å²) in [5, 5.41) is 10.2. The molecular weight excluding hydrogens is 444 g/mol. The lowest BCUT2D eigenvalue weighted by molar-refractivity contribution is 0.100. The van der Waals surface area contributed by atoms with Crippen LogP contribution < -0.4 is 22.1 Å². The van der Waals surface area contributed by atoms with Crippen molar-refractivity contribution in [1.29, 1.82) is 0 Å². The number of benzene rings is 1. The summed E-state index contributed by atoms with van der Waals surface area (Å²) in [5.41, 5.74) is 12.3. The van der Waals surface area contributed by atoms with Crippen LogP contribution in [0.2, 0.25) is 0 Å². The fraction of sp³-hybridized carbons (Fsp3) is 0.435. The maximum absolute atomic E-state index is 14.9. The number of carbonyl (C=O) groups is 1. The Morgan fingerprint density at radius 1 is 1.32 bits per heavy atom. The van der Waals surface area contributed by atoms with Crippen LogP contribution in [0.25, 0.3) is 10.9 Å². The first kappa shape index (κ1) is 23.8. The number of aromatic nitrogens is 3. The molecule has 34 heavy (non-hydrogen) atoms. The molecule has 1 aliphatic carbocycles. The van der Waals surface area contributed by atoms with Crippen LogP contribution in [0.3, 0.4) is 0 Å². The Kier molecular flexibility index (Phi) is 6.94. The molecule has 1 saturated carbocycles. The van der Waals surface area contributed by atoms with Gasteiger partial charge in [-0.1, -0.05) is 18.9 Å². The molecule has 3 aromatic rings. The van der Waals surface area contributed by atoms with Gasteiger partial charge in [0.05, 0.1) is 35.3 Å². The van der Waals surface area contributed by atoms with E-state index in [2.05, 4.69) is 20.7 Å². The fourth-order valence-corrected chi connectivity index (χ4v) is 3.93. The zero-order chi connectivity index (χ0) is 24.4. The Morgan fingerprint density at radius 2 is 2.09 bits per heavy atom. The van der Waals surface area contributed by atoms with E-state index in [0.717, 1.165) is 25.3 Å². The minimum atomic E-state index is -0.870. The van der Waals surface area contributed by atoms with Gasteiger partial charge in [-0.25, -0.2) is 9.37 Å². The van der Waals surface area contributed by atoms with Gasteiger partial charge < -0.3 is 26.8 Å². The molecule has 0 saturated heterocycles. The van der Waals surface area contributed by atoms with Crippen molar-refractivity contribution in [1.82, 2.24) is 14.8 Å². The van der Waals surface area contributed by atoms with Crippen molar-refractivity contribution in [3.05, 3.63) is 41.6 Å². The van der Waals surface area contributed by atoms with Crippen LogP contribution in [0.1, 0.15) is 36.5 Å². The number of pyridine rings is 1. The highest BCUT2D eigenvalue weighted by Gasteiger charge is 2.28. The number of ether oxygens (including phenoxy) is 1. The average Bonchev–Trinajstić information content (AvgIpc) is 3.55. The van der Waals surface area contributed by atoms with Gasteiger partial charge >= 0.3 is 0 Å². The Bertz CT molecular complexity index is 1190. The van der Waals surface area contributed by atoms with Crippen LogP contribution in [-0.4, -0.2) is 46.5 Å². The third kappa shape index (κ3) is 5.10. The van der Waals surface area contributed by atoms with Crippen LogP contribution in [-0.2, 0) is 11.3 Å². The third-order valence-electron chi connectivity index (χ3n) is 5.98. The number of methoxy groups -OCH3 is 1.